The topological polar surface area (TPSA) is 88.4 Å². The number of furan rings is 1. The minimum atomic E-state index is -3.81. The third kappa shape index (κ3) is 4.69. The largest absolute Gasteiger partial charge is 0.438 e. The van der Waals surface area contributed by atoms with E-state index < -0.39 is 21.5 Å². The summed E-state index contributed by atoms with van der Waals surface area (Å²) >= 11 is 0. The van der Waals surface area contributed by atoms with E-state index in [1.807, 2.05) is 32.0 Å². The molecule has 0 radical (unpaired) electrons. The summed E-state index contributed by atoms with van der Waals surface area (Å²) in [5.74, 6) is -0.569. The van der Waals surface area contributed by atoms with E-state index in [-0.39, 0.29) is 10.9 Å². The molecule has 7 heteroatoms. The van der Waals surface area contributed by atoms with Crippen LogP contribution in [0.3, 0.4) is 0 Å². The van der Waals surface area contributed by atoms with Crippen LogP contribution in [0.1, 0.15) is 42.5 Å². The first-order chi connectivity index (χ1) is 11.0. The number of aryl methyl sites for hydroxylation is 2. The molecule has 0 spiro atoms. The maximum absolute atomic E-state index is 12.2. The Labute approximate surface area is 142 Å². The fourth-order valence-corrected chi connectivity index (χ4v) is 3.63. The average Bonchev–Trinajstić information content (AvgIpc) is 2.84. The zero-order chi connectivity index (χ0) is 18.1. The number of benzene rings is 1. The lowest BCUT2D eigenvalue weighted by Gasteiger charge is -2.18. The molecule has 1 heterocycles. The van der Waals surface area contributed by atoms with E-state index >= 15 is 0 Å². The number of hydrogen-bond acceptors (Lipinski definition) is 4. The number of carbonyl (C=O) groups excluding carboxylic acids is 1. The van der Waals surface area contributed by atoms with E-state index in [1.54, 1.807) is 20.8 Å². The second kappa shape index (κ2) is 6.41. The number of nitrogens with one attached hydrogen (secondary N) is 2. The average molecular weight is 350 g/mol. The van der Waals surface area contributed by atoms with Gasteiger partial charge in [-0.25, -0.2) is 13.1 Å². The first-order valence-corrected chi connectivity index (χ1v) is 8.98. The summed E-state index contributed by atoms with van der Waals surface area (Å²) in [6, 6.07) is 8.25. The van der Waals surface area contributed by atoms with Crippen LogP contribution >= 0.6 is 0 Å². The van der Waals surface area contributed by atoms with Crippen LogP contribution in [0, 0.1) is 13.8 Å². The van der Waals surface area contributed by atoms with Gasteiger partial charge in [-0.15, -0.1) is 0 Å². The van der Waals surface area contributed by atoms with Crippen molar-refractivity contribution >= 4 is 21.6 Å². The van der Waals surface area contributed by atoms with E-state index in [4.69, 9.17) is 4.42 Å². The van der Waals surface area contributed by atoms with Crippen molar-refractivity contribution in [1.29, 1.82) is 0 Å². The van der Waals surface area contributed by atoms with Crippen molar-refractivity contribution in [3.63, 3.8) is 0 Å². The molecule has 0 fully saturated rings. The molecule has 0 bridgehead atoms. The van der Waals surface area contributed by atoms with Crippen molar-refractivity contribution < 1.29 is 17.6 Å². The summed E-state index contributed by atoms with van der Waals surface area (Å²) < 4.78 is 32.1. The molecule has 2 aromatic rings. The highest BCUT2D eigenvalue weighted by atomic mass is 32.2. The van der Waals surface area contributed by atoms with Crippen LogP contribution in [-0.4, -0.2) is 19.9 Å². The second-order valence-corrected chi connectivity index (χ2v) is 8.42. The molecule has 1 aromatic heterocycles. The molecule has 0 unspecified atom stereocenters. The Morgan fingerprint density at radius 1 is 1.04 bits per heavy atom. The van der Waals surface area contributed by atoms with Crippen LogP contribution < -0.4 is 10.0 Å². The molecule has 1 amide bonds. The van der Waals surface area contributed by atoms with E-state index in [1.165, 1.54) is 12.1 Å². The molecule has 1 aromatic carbocycles. The molecule has 0 saturated carbocycles. The highest BCUT2D eigenvalue weighted by molar-refractivity contribution is 7.89. The van der Waals surface area contributed by atoms with Gasteiger partial charge in [-0.05, 0) is 70.0 Å². The molecule has 0 aliphatic heterocycles. The molecule has 0 aliphatic rings. The quantitative estimate of drug-likeness (QED) is 0.886. The SMILES string of the molecule is Cc1cc(C)cc(NC(=O)c2ccc(S(=O)(=O)NC(C)(C)C)o2)c1. The van der Waals surface area contributed by atoms with Crippen molar-refractivity contribution in [3.8, 4) is 0 Å². The molecule has 0 atom stereocenters. The molecule has 24 heavy (non-hydrogen) atoms. The fraction of sp³-hybridized carbons (Fsp3) is 0.353. The van der Waals surface area contributed by atoms with Crippen LogP contribution in [0.2, 0.25) is 0 Å². The smallest absolute Gasteiger partial charge is 0.291 e. The number of carbonyl (C=O) groups is 1. The summed E-state index contributed by atoms with van der Waals surface area (Å²) in [7, 11) is -3.81. The first kappa shape index (κ1) is 18.2. The van der Waals surface area contributed by atoms with Crippen LogP contribution in [0.4, 0.5) is 5.69 Å². The van der Waals surface area contributed by atoms with Crippen molar-refractivity contribution in [3.05, 3.63) is 47.2 Å². The zero-order valence-electron chi connectivity index (χ0n) is 14.4. The Balaban J connectivity index is 2.19. The Kier molecular flexibility index (Phi) is 4.87. The standard InChI is InChI=1S/C17H22N2O4S/c1-11-8-12(2)10-13(9-11)18-16(20)14-6-7-15(23-14)24(21,22)19-17(3,4)5/h6-10,19H,1-5H3,(H,18,20). The predicted octanol–water partition coefficient (Wildman–Crippen LogP) is 3.23. The van der Waals surface area contributed by atoms with Crippen LogP contribution in [0.25, 0.3) is 0 Å². The predicted molar refractivity (Wildman–Crippen MR) is 92.7 cm³/mol. The van der Waals surface area contributed by atoms with Gasteiger partial charge in [0.25, 0.3) is 15.9 Å². The number of hydrogen-bond donors (Lipinski definition) is 2. The maximum Gasteiger partial charge on any atom is 0.291 e. The van der Waals surface area contributed by atoms with Gasteiger partial charge in [-0.3, -0.25) is 4.79 Å². The Bertz CT molecular complexity index is 841. The summed E-state index contributed by atoms with van der Waals surface area (Å²) in [4.78, 5) is 12.2. The summed E-state index contributed by atoms with van der Waals surface area (Å²) in [6.45, 7) is 9.03. The minimum absolute atomic E-state index is 0.0663. The summed E-state index contributed by atoms with van der Waals surface area (Å²) in [5, 5.41) is 2.42. The molecule has 0 aliphatic carbocycles. The van der Waals surface area contributed by atoms with E-state index in [9.17, 15) is 13.2 Å². The van der Waals surface area contributed by atoms with Gasteiger partial charge in [-0.2, -0.15) is 0 Å². The zero-order valence-corrected chi connectivity index (χ0v) is 15.2. The monoisotopic (exact) mass is 350 g/mol. The minimum Gasteiger partial charge on any atom is -0.438 e. The Hall–Kier alpha value is -2.12. The molecule has 130 valence electrons. The first-order valence-electron chi connectivity index (χ1n) is 7.50. The number of anilines is 1. The number of sulfonamides is 1. The third-order valence-corrected chi connectivity index (χ3v) is 4.62. The van der Waals surface area contributed by atoms with Crippen molar-refractivity contribution in [2.75, 3.05) is 5.32 Å². The van der Waals surface area contributed by atoms with E-state index in [0.29, 0.717) is 5.69 Å². The Morgan fingerprint density at radius 2 is 1.62 bits per heavy atom. The summed E-state index contributed by atoms with van der Waals surface area (Å²) in [5.41, 5.74) is 2.02. The molecular formula is C17H22N2O4S. The lowest BCUT2D eigenvalue weighted by atomic mass is 10.1. The van der Waals surface area contributed by atoms with E-state index in [0.717, 1.165) is 11.1 Å². The van der Waals surface area contributed by atoms with Crippen LogP contribution in [-0.2, 0) is 10.0 Å². The van der Waals surface area contributed by atoms with Gasteiger partial charge in [0.2, 0.25) is 5.09 Å². The molecule has 2 rings (SSSR count). The van der Waals surface area contributed by atoms with Gasteiger partial charge in [0.15, 0.2) is 5.76 Å². The lowest BCUT2D eigenvalue weighted by molar-refractivity contribution is 0.0991. The van der Waals surface area contributed by atoms with Gasteiger partial charge < -0.3 is 9.73 Å². The van der Waals surface area contributed by atoms with Crippen LogP contribution in [0.5, 0.6) is 0 Å². The highest BCUT2D eigenvalue weighted by Crippen LogP contribution is 2.19. The van der Waals surface area contributed by atoms with Gasteiger partial charge in [0.05, 0.1) is 0 Å². The fourth-order valence-electron chi connectivity index (χ4n) is 2.28. The van der Waals surface area contributed by atoms with Crippen molar-refractivity contribution in [1.82, 2.24) is 4.72 Å². The normalized spacial score (nSPS) is 12.2. The maximum atomic E-state index is 12.2. The number of rotatable bonds is 4. The Morgan fingerprint density at radius 3 is 2.17 bits per heavy atom. The molecule has 0 saturated heterocycles. The lowest BCUT2D eigenvalue weighted by Crippen LogP contribution is -2.40. The molecule has 2 N–H and O–H groups in total. The van der Waals surface area contributed by atoms with Crippen molar-refractivity contribution in [2.45, 2.75) is 45.2 Å². The van der Waals surface area contributed by atoms with Crippen molar-refractivity contribution in [2.24, 2.45) is 0 Å². The summed E-state index contributed by atoms with van der Waals surface area (Å²) in [6.07, 6.45) is 0. The van der Waals surface area contributed by atoms with E-state index in [2.05, 4.69) is 10.0 Å². The molecule has 6 nitrogen and oxygen atoms in total. The van der Waals surface area contributed by atoms with Gasteiger partial charge in [0, 0.05) is 11.2 Å². The van der Waals surface area contributed by atoms with Crippen LogP contribution in [0.15, 0.2) is 39.8 Å². The van der Waals surface area contributed by atoms with Gasteiger partial charge >= 0.3 is 0 Å². The third-order valence-electron chi connectivity index (χ3n) is 2.99. The van der Waals surface area contributed by atoms with Gasteiger partial charge in [0.1, 0.15) is 0 Å². The molecular weight excluding hydrogens is 328 g/mol. The highest BCUT2D eigenvalue weighted by Gasteiger charge is 2.26. The second-order valence-electron chi connectivity index (χ2n) is 6.80. The number of amides is 1. The van der Waals surface area contributed by atoms with Gasteiger partial charge in [-0.1, -0.05) is 6.07 Å².